The molecule has 0 spiro atoms. The maximum absolute atomic E-state index is 13.6. The number of carbonyl (C=O) groups is 1. The Morgan fingerprint density at radius 2 is 2.12 bits per heavy atom. The molecule has 0 unspecified atom stereocenters. The fourth-order valence-electron chi connectivity index (χ4n) is 2.57. The standard InChI is InChI=1S/C17H16FN3O3S/c1-11-4-6-15-13(9-11)12(10-20-15)5-7-16(22)21-25(23,24)17-14(18)3-2-8-19-17/h2-4,6,8-10,20H,5,7H2,1H3,(H,21,22). The number of aromatic nitrogens is 2. The van der Waals surface area contributed by atoms with Crippen molar-refractivity contribution >= 4 is 26.8 Å². The number of amides is 1. The second-order valence-electron chi connectivity index (χ2n) is 5.68. The van der Waals surface area contributed by atoms with Gasteiger partial charge in [0.25, 0.3) is 10.0 Å². The molecule has 25 heavy (non-hydrogen) atoms. The number of hydrogen-bond donors (Lipinski definition) is 2. The molecule has 0 fully saturated rings. The number of aryl methyl sites for hydroxylation is 2. The van der Waals surface area contributed by atoms with Crippen molar-refractivity contribution in [1.29, 1.82) is 0 Å². The smallest absolute Gasteiger partial charge is 0.284 e. The highest BCUT2D eigenvalue weighted by atomic mass is 32.2. The SMILES string of the molecule is Cc1ccc2[nH]cc(CCC(=O)NS(=O)(=O)c3ncccc3F)c2c1. The van der Waals surface area contributed by atoms with Crippen LogP contribution in [0.1, 0.15) is 17.5 Å². The molecule has 6 nitrogen and oxygen atoms in total. The van der Waals surface area contributed by atoms with Crippen LogP contribution in [0.25, 0.3) is 10.9 Å². The number of nitrogens with zero attached hydrogens (tertiary/aromatic N) is 1. The van der Waals surface area contributed by atoms with E-state index < -0.39 is 26.8 Å². The van der Waals surface area contributed by atoms with Crippen molar-refractivity contribution in [3.05, 3.63) is 59.7 Å². The van der Waals surface area contributed by atoms with Gasteiger partial charge in [-0.25, -0.2) is 14.1 Å². The molecule has 1 amide bonds. The summed E-state index contributed by atoms with van der Waals surface area (Å²) in [7, 11) is -4.32. The van der Waals surface area contributed by atoms with Crippen LogP contribution in [0, 0.1) is 12.7 Å². The first-order chi connectivity index (χ1) is 11.9. The predicted octanol–water partition coefficient (Wildman–Crippen LogP) is 2.45. The Bertz CT molecular complexity index is 1040. The summed E-state index contributed by atoms with van der Waals surface area (Å²) < 4.78 is 39.5. The number of sulfonamides is 1. The van der Waals surface area contributed by atoms with Gasteiger partial charge >= 0.3 is 0 Å². The topological polar surface area (TPSA) is 91.9 Å². The van der Waals surface area contributed by atoms with Crippen molar-refractivity contribution in [1.82, 2.24) is 14.7 Å². The Balaban J connectivity index is 1.70. The highest BCUT2D eigenvalue weighted by Gasteiger charge is 2.23. The normalized spacial score (nSPS) is 11.6. The molecule has 3 rings (SSSR count). The molecule has 0 saturated heterocycles. The Morgan fingerprint density at radius 1 is 1.32 bits per heavy atom. The average molecular weight is 361 g/mol. The first kappa shape index (κ1) is 17.1. The number of aromatic amines is 1. The van der Waals surface area contributed by atoms with Crippen LogP contribution in [0.5, 0.6) is 0 Å². The van der Waals surface area contributed by atoms with Gasteiger partial charge in [-0.2, -0.15) is 8.42 Å². The number of nitrogens with one attached hydrogen (secondary N) is 2. The summed E-state index contributed by atoms with van der Waals surface area (Å²) in [6.07, 6.45) is 3.25. The molecule has 8 heteroatoms. The lowest BCUT2D eigenvalue weighted by molar-refractivity contribution is -0.119. The number of fused-ring (bicyclic) bond motifs is 1. The van der Waals surface area contributed by atoms with Crippen molar-refractivity contribution in [2.24, 2.45) is 0 Å². The van der Waals surface area contributed by atoms with Crippen LogP contribution < -0.4 is 4.72 Å². The molecule has 0 radical (unpaired) electrons. The van der Waals surface area contributed by atoms with Gasteiger partial charge in [0.15, 0.2) is 5.82 Å². The monoisotopic (exact) mass is 361 g/mol. The van der Waals surface area contributed by atoms with Crippen molar-refractivity contribution < 1.29 is 17.6 Å². The zero-order chi connectivity index (χ0) is 18.0. The lowest BCUT2D eigenvalue weighted by Crippen LogP contribution is -2.31. The van der Waals surface area contributed by atoms with E-state index in [2.05, 4.69) is 9.97 Å². The fourth-order valence-corrected chi connectivity index (χ4v) is 3.59. The Labute approximate surface area is 144 Å². The van der Waals surface area contributed by atoms with Gasteiger partial charge in [0.1, 0.15) is 0 Å². The molecule has 0 aliphatic rings. The highest BCUT2D eigenvalue weighted by molar-refractivity contribution is 7.90. The summed E-state index contributed by atoms with van der Waals surface area (Å²) >= 11 is 0. The van der Waals surface area contributed by atoms with Crippen molar-refractivity contribution in [3.63, 3.8) is 0 Å². The van der Waals surface area contributed by atoms with E-state index in [1.807, 2.05) is 29.8 Å². The van der Waals surface area contributed by atoms with Crippen molar-refractivity contribution in [2.45, 2.75) is 24.8 Å². The van der Waals surface area contributed by atoms with E-state index in [-0.39, 0.29) is 6.42 Å². The second kappa shape index (κ2) is 6.64. The molecule has 2 aromatic heterocycles. The van der Waals surface area contributed by atoms with E-state index in [4.69, 9.17) is 0 Å². The van der Waals surface area contributed by atoms with E-state index in [1.54, 1.807) is 6.20 Å². The Morgan fingerprint density at radius 3 is 2.88 bits per heavy atom. The summed E-state index contributed by atoms with van der Waals surface area (Å²) in [4.78, 5) is 18.6. The lowest BCUT2D eigenvalue weighted by Gasteiger charge is -2.06. The zero-order valence-electron chi connectivity index (χ0n) is 13.4. The summed E-state index contributed by atoms with van der Waals surface area (Å²) in [5.74, 6) is -1.72. The molecule has 0 atom stereocenters. The van der Waals surface area contributed by atoms with Crippen LogP contribution in [-0.2, 0) is 21.2 Å². The molecule has 0 bridgehead atoms. The van der Waals surface area contributed by atoms with E-state index in [0.29, 0.717) is 6.42 Å². The Kier molecular flexibility index (Phi) is 4.54. The number of halogens is 1. The van der Waals surface area contributed by atoms with Gasteiger partial charge in [0, 0.05) is 29.7 Å². The van der Waals surface area contributed by atoms with Gasteiger partial charge in [-0.15, -0.1) is 0 Å². The summed E-state index contributed by atoms with van der Waals surface area (Å²) in [6.45, 7) is 1.97. The number of carbonyl (C=O) groups excluding carboxylic acids is 1. The molecule has 0 saturated carbocycles. The van der Waals surface area contributed by atoms with Gasteiger partial charge < -0.3 is 4.98 Å². The maximum atomic E-state index is 13.6. The minimum Gasteiger partial charge on any atom is -0.361 e. The highest BCUT2D eigenvalue weighted by Crippen LogP contribution is 2.21. The molecule has 2 N–H and O–H groups in total. The zero-order valence-corrected chi connectivity index (χ0v) is 14.2. The van der Waals surface area contributed by atoms with Crippen molar-refractivity contribution in [2.75, 3.05) is 0 Å². The van der Waals surface area contributed by atoms with Crippen LogP contribution in [0.2, 0.25) is 0 Å². The third-order valence-electron chi connectivity index (χ3n) is 3.77. The first-order valence-corrected chi connectivity index (χ1v) is 9.08. The summed E-state index contributed by atoms with van der Waals surface area (Å²) in [5, 5.41) is 0.206. The van der Waals surface area contributed by atoms with E-state index in [0.717, 1.165) is 34.3 Å². The second-order valence-corrected chi connectivity index (χ2v) is 7.28. The first-order valence-electron chi connectivity index (χ1n) is 7.59. The quantitative estimate of drug-likeness (QED) is 0.730. The predicted molar refractivity (Wildman–Crippen MR) is 90.9 cm³/mol. The van der Waals surface area contributed by atoms with Gasteiger partial charge in [0.05, 0.1) is 0 Å². The summed E-state index contributed by atoms with van der Waals surface area (Å²) in [6, 6.07) is 8.17. The number of hydrogen-bond acceptors (Lipinski definition) is 4. The molecule has 0 aliphatic heterocycles. The molecule has 2 heterocycles. The number of pyridine rings is 1. The lowest BCUT2D eigenvalue weighted by atomic mass is 10.1. The minimum absolute atomic E-state index is 0.0470. The third kappa shape index (κ3) is 3.69. The van der Waals surface area contributed by atoms with Crippen LogP contribution in [-0.4, -0.2) is 24.3 Å². The van der Waals surface area contributed by atoms with Crippen LogP contribution in [0.15, 0.2) is 47.8 Å². The molecular formula is C17H16FN3O3S. The molecule has 3 aromatic rings. The molecule has 130 valence electrons. The maximum Gasteiger partial charge on any atom is 0.284 e. The number of benzene rings is 1. The molecule has 0 aliphatic carbocycles. The van der Waals surface area contributed by atoms with E-state index >= 15 is 0 Å². The van der Waals surface area contributed by atoms with E-state index in [1.165, 1.54) is 6.07 Å². The van der Waals surface area contributed by atoms with Crippen LogP contribution in [0.4, 0.5) is 4.39 Å². The van der Waals surface area contributed by atoms with Gasteiger partial charge in [-0.05, 0) is 43.2 Å². The molecular weight excluding hydrogens is 345 g/mol. The average Bonchev–Trinajstić information content (AvgIpc) is 2.95. The number of rotatable bonds is 5. The van der Waals surface area contributed by atoms with Gasteiger partial charge in [-0.3, -0.25) is 4.79 Å². The fraction of sp³-hybridized carbons (Fsp3) is 0.176. The van der Waals surface area contributed by atoms with Gasteiger partial charge in [0.2, 0.25) is 10.9 Å². The molecule has 1 aromatic carbocycles. The largest absolute Gasteiger partial charge is 0.361 e. The van der Waals surface area contributed by atoms with Crippen LogP contribution in [0.3, 0.4) is 0 Å². The van der Waals surface area contributed by atoms with Gasteiger partial charge in [-0.1, -0.05) is 11.6 Å². The Hall–Kier alpha value is -2.74. The van der Waals surface area contributed by atoms with E-state index in [9.17, 15) is 17.6 Å². The third-order valence-corrected chi connectivity index (χ3v) is 5.08. The summed E-state index contributed by atoms with van der Waals surface area (Å²) in [5.41, 5.74) is 2.95. The number of H-pyrrole nitrogens is 1. The minimum atomic E-state index is -4.32. The van der Waals surface area contributed by atoms with Crippen LogP contribution >= 0.6 is 0 Å². The van der Waals surface area contributed by atoms with Crippen molar-refractivity contribution in [3.8, 4) is 0 Å².